The molecule has 3 N–H and O–H groups in total. The topological polar surface area (TPSA) is 59.1 Å². The Morgan fingerprint density at radius 1 is 1.38 bits per heavy atom. The molecule has 0 saturated heterocycles. The summed E-state index contributed by atoms with van der Waals surface area (Å²) in [6.45, 7) is 3.85. The smallest absolute Gasteiger partial charge is 0.123 e. The first kappa shape index (κ1) is 9.58. The summed E-state index contributed by atoms with van der Waals surface area (Å²) in [7, 11) is 1.62. The summed E-state index contributed by atoms with van der Waals surface area (Å²) < 4.78 is 5.16. The predicted octanol–water partition coefficient (Wildman–Crippen LogP) is 1.60. The average Bonchev–Trinajstić information content (AvgIpc) is 2.08. The molecule has 0 amide bonds. The van der Waals surface area contributed by atoms with Crippen LogP contribution in [0.5, 0.6) is 5.75 Å². The molecule has 0 bridgehead atoms. The molecule has 0 spiro atoms. The van der Waals surface area contributed by atoms with Gasteiger partial charge in [0.25, 0.3) is 0 Å². The molecule has 0 aromatic heterocycles. The van der Waals surface area contributed by atoms with Crippen LogP contribution in [-0.4, -0.2) is 12.9 Å². The van der Waals surface area contributed by atoms with Crippen LogP contribution in [0.1, 0.15) is 16.7 Å². The van der Waals surface area contributed by atoms with E-state index in [-0.39, 0.29) is 5.84 Å². The standard InChI is InChI=1S/C10H14N2O/c1-6-4-8(10(11)12)7(2)9(5-6)13-3/h4-5H,1-3H3,(H3,11,12). The number of hydrogen-bond donors (Lipinski definition) is 2. The summed E-state index contributed by atoms with van der Waals surface area (Å²) in [6, 6.07) is 3.82. The molecular weight excluding hydrogens is 164 g/mol. The molecule has 0 aliphatic carbocycles. The first-order valence-corrected chi connectivity index (χ1v) is 4.06. The normalized spacial score (nSPS) is 9.77. The quantitative estimate of drug-likeness (QED) is 0.533. The lowest BCUT2D eigenvalue weighted by Crippen LogP contribution is -2.13. The highest BCUT2D eigenvalue weighted by Gasteiger charge is 2.07. The van der Waals surface area contributed by atoms with Gasteiger partial charge in [-0.25, -0.2) is 0 Å². The van der Waals surface area contributed by atoms with Gasteiger partial charge in [-0.1, -0.05) is 0 Å². The number of ether oxygens (including phenoxy) is 1. The fourth-order valence-electron chi connectivity index (χ4n) is 1.32. The number of nitrogens with one attached hydrogen (secondary N) is 1. The third-order valence-electron chi connectivity index (χ3n) is 2.01. The Hall–Kier alpha value is -1.51. The second-order valence-electron chi connectivity index (χ2n) is 3.05. The number of methoxy groups -OCH3 is 1. The van der Waals surface area contributed by atoms with Crippen LogP contribution in [-0.2, 0) is 0 Å². The maximum absolute atomic E-state index is 7.37. The maximum atomic E-state index is 7.37. The van der Waals surface area contributed by atoms with Crippen molar-refractivity contribution in [1.82, 2.24) is 0 Å². The minimum Gasteiger partial charge on any atom is -0.496 e. The Balaban J connectivity index is 3.35. The van der Waals surface area contributed by atoms with Crippen LogP contribution in [0.4, 0.5) is 0 Å². The van der Waals surface area contributed by atoms with Crippen LogP contribution in [0.15, 0.2) is 12.1 Å². The molecule has 0 saturated carbocycles. The van der Waals surface area contributed by atoms with E-state index in [9.17, 15) is 0 Å². The zero-order chi connectivity index (χ0) is 10.0. The molecule has 3 heteroatoms. The second-order valence-corrected chi connectivity index (χ2v) is 3.05. The second kappa shape index (κ2) is 3.47. The lowest BCUT2D eigenvalue weighted by atomic mass is 10.0. The Labute approximate surface area is 78.0 Å². The van der Waals surface area contributed by atoms with Crippen molar-refractivity contribution in [3.63, 3.8) is 0 Å². The van der Waals surface area contributed by atoms with Crippen LogP contribution in [0.3, 0.4) is 0 Å². The Morgan fingerprint density at radius 2 is 2.00 bits per heavy atom. The first-order chi connectivity index (χ1) is 6.06. The lowest BCUT2D eigenvalue weighted by Gasteiger charge is -2.10. The van der Waals surface area contributed by atoms with Gasteiger partial charge in [-0.2, -0.15) is 0 Å². The molecule has 3 nitrogen and oxygen atoms in total. The van der Waals surface area contributed by atoms with Gasteiger partial charge in [-0.05, 0) is 31.5 Å². The van der Waals surface area contributed by atoms with E-state index < -0.39 is 0 Å². The van der Waals surface area contributed by atoms with E-state index in [0.29, 0.717) is 0 Å². The number of nitrogens with two attached hydrogens (primary N) is 1. The first-order valence-electron chi connectivity index (χ1n) is 4.06. The molecule has 1 aromatic carbocycles. The molecule has 0 atom stereocenters. The van der Waals surface area contributed by atoms with Gasteiger partial charge in [0.2, 0.25) is 0 Å². The van der Waals surface area contributed by atoms with Crippen LogP contribution in [0.25, 0.3) is 0 Å². The average molecular weight is 178 g/mol. The zero-order valence-electron chi connectivity index (χ0n) is 8.14. The third-order valence-corrected chi connectivity index (χ3v) is 2.01. The number of hydrogen-bond acceptors (Lipinski definition) is 2. The van der Waals surface area contributed by atoms with Crippen molar-refractivity contribution < 1.29 is 4.74 Å². The highest BCUT2D eigenvalue weighted by Crippen LogP contribution is 2.22. The summed E-state index contributed by atoms with van der Waals surface area (Å²) >= 11 is 0. The molecule has 1 rings (SSSR count). The van der Waals surface area contributed by atoms with E-state index in [1.165, 1.54) is 0 Å². The highest BCUT2D eigenvalue weighted by atomic mass is 16.5. The van der Waals surface area contributed by atoms with Crippen molar-refractivity contribution in [2.45, 2.75) is 13.8 Å². The lowest BCUT2D eigenvalue weighted by molar-refractivity contribution is 0.411. The van der Waals surface area contributed by atoms with Gasteiger partial charge in [-0.15, -0.1) is 0 Å². The maximum Gasteiger partial charge on any atom is 0.123 e. The molecule has 1 aromatic rings. The van der Waals surface area contributed by atoms with Crippen molar-refractivity contribution in [2.75, 3.05) is 7.11 Å². The SMILES string of the molecule is COc1cc(C)cc(C(=N)N)c1C. The fraction of sp³-hybridized carbons (Fsp3) is 0.300. The van der Waals surface area contributed by atoms with Crippen molar-refractivity contribution >= 4 is 5.84 Å². The van der Waals surface area contributed by atoms with Crippen molar-refractivity contribution in [2.24, 2.45) is 5.73 Å². The predicted molar refractivity (Wildman–Crippen MR) is 53.5 cm³/mol. The van der Waals surface area contributed by atoms with Crippen molar-refractivity contribution in [3.05, 3.63) is 28.8 Å². The summed E-state index contributed by atoms with van der Waals surface area (Å²) in [6.07, 6.45) is 0. The monoisotopic (exact) mass is 178 g/mol. The minimum absolute atomic E-state index is 0.0829. The fourth-order valence-corrected chi connectivity index (χ4v) is 1.32. The van der Waals surface area contributed by atoms with Gasteiger partial charge in [0, 0.05) is 11.1 Å². The zero-order valence-corrected chi connectivity index (χ0v) is 8.14. The molecule has 0 fully saturated rings. The van der Waals surface area contributed by atoms with E-state index in [2.05, 4.69) is 0 Å². The van der Waals surface area contributed by atoms with Gasteiger partial charge >= 0.3 is 0 Å². The Bertz CT molecular complexity index is 345. The summed E-state index contributed by atoms with van der Waals surface area (Å²) in [5.74, 6) is 0.865. The van der Waals surface area contributed by atoms with E-state index in [0.717, 1.165) is 22.4 Å². The van der Waals surface area contributed by atoms with Gasteiger partial charge in [0.05, 0.1) is 7.11 Å². The molecule has 13 heavy (non-hydrogen) atoms. The van der Waals surface area contributed by atoms with Crippen LogP contribution in [0, 0.1) is 19.3 Å². The summed E-state index contributed by atoms with van der Waals surface area (Å²) in [4.78, 5) is 0. The molecule has 0 aliphatic heterocycles. The number of benzene rings is 1. The molecule has 70 valence electrons. The van der Waals surface area contributed by atoms with Crippen molar-refractivity contribution in [1.29, 1.82) is 5.41 Å². The van der Waals surface area contributed by atoms with E-state index >= 15 is 0 Å². The number of nitrogen functional groups attached to an aromatic ring is 1. The molecule has 0 aliphatic rings. The molecule has 0 heterocycles. The van der Waals surface area contributed by atoms with Gasteiger partial charge in [0.15, 0.2) is 0 Å². The Kier molecular flexibility index (Phi) is 2.56. The number of aryl methyl sites for hydroxylation is 1. The third kappa shape index (κ3) is 1.80. The van der Waals surface area contributed by atoms with E-state index in [1.54, 1.807) is 7.11 Å². The van der Waals surface area contributed by atoms with Gasteiger partial charge in [0.1, 0.15) is 11.6 Å². The summed E-state index contributed by atoms with van der Waals surface area (Å²) in [5.41, 5.74) is 8.15. The Morgan fingerprint density at radius 3 is 2.46 bits per heavy atom. The number of amidine groups is 1. The molecule has 0 radical (unpaired) electrons. The minimum atomic E-state index is 0.0829. The van der Waals surface area contributed by atoms with Crippen LogP contribution >= 0.6 is 0 Å². The van der Waals surface area contributed by atoms with E-state index in [4.69, 9.17) is 15.9 Å². The largest absolute Gasteiger partial charge is 0.496 e. The van der Waals surface area contributed by atoms with Crippen LogP contribution in [0.2, 0.25) is 0 Å². The van der Waals surface area contributed by atoms with E-state index in [1.807, 2.05) is 26.0 Å². The highest BCUT2D eigenvalue weighted by molar-refractivity contribution is 5.97. The number of rotatable bonds is 2. The molecular formula is C10H14N2O. The van der Waals surface area contributed by atoms with Gasteiger partial charge < -0.3 is 10.5 Å². The van der Waals surface area contributed by atoms with Gasteiger partial charge in [-0.3, -0.25) is 5.41 Å². The molecule has 0 unspecified atom stereocenters. The van der Waals surface area contributed by atoms with Crippen LogP contribution < -0.4 is 10.5 Å². The summed E-state index contributed by atoms with van der Waals surface area (Å²) in [5, 5.41) is 7.37. The van der Waals surface area contributed by atoms with Crippen molar-refractivity contribution in [3.8, 4) is 5.75 Å².